The molecular weight excluding hydrogens is 1080 g/mol. The van der Waals surface area contributed by atoms with Gasteiger partial charge in [0.1, 0.15) is 52.6 Å². The van der Waals surface area contributed by atoms with Gasteiger partial charge >= 0.3 is 6.09 Å². The molecule has 1 aromatic carbocycles. The van der Waals surface area contributed by atoms with Crippen LogP contribution in [0.1, 0.15) is 105 Å². The number of rotatable bonds is 17. The van der Waals surface area contributed by atoms with Crippen LogP contribution in [0.4, 0.5) is 4.79 Å². The topological polar surface area (TPSA) is 397 Å². The molecule has 11 atom stereocenters. The molecule has 2 aromatic rings. The highest BCUT2D eigenvalue weighted by atomic mass is 32.2. The smallest absolute Gasteiger partial charge is 0.407 e. The van der Waals surface area contributed by atoms with Crippen LogP contribution in [0.25, 0.3) is 10.9 Å². The van der Waals surface area contributed by atoms with Gasteiger partial charge in [-0.2, -0.15) is 0 Å². The quantitative estimate of drug-likeness (QED) is 0.0743. The number of alkyl carbamates (subject to hydrolysis) is 1. The van der Waals surface area contributed by atoms with E-state index >= 15 is 4.21 Å². The molecule has 1 fully saturated rings. The van der Waals surface area contributed by atoms with Crippen molar-refractivity contribution in [3.63, 3.8) is 0 Å². The number of hydrogen-bond acceptors (Lipinski definition) is 16. The molecule has 1 aromatic heterocycles. The van der Waals surface area contributed by atoms with Crippen LogP contribution in [-0.2, 0) is 71.7 Å². The number of nitrogens with zero attached hydrogens (tertiary/aromatic N) is 2. The predicted octanol–water partition coefficient (Wildman–Crippen LogP) is -2.28. The van der Waals surface area contributed by atoms with E-state index in [1.165, 1.54) is 14.0 Å². The lowest BCUT2D eigenvalue weighted by Crippen LogP contribution is -2.62. The lowest BCUT2D eigenvalue weighted by Gasteiger charge is -2.33. The molecule has 450 valence electrons. The van der Waals surface area contributed by atoms with Crippen molar-refractivity contribution in [3.05, 3.63) is 23.8 Å². The number of amides is 10. The van der Waals surface area contributed by atoms with E-state index in [1.807, 2.05) is 0 Å². The van der Waals surface area contributed by atoms with E-state index < -0.39 is 187 Å². The zero-order valence-corrected chi connectivity index (χ0v) is 47.9. The van der Waals surface area contributed by atoms with E-state index in [0.717, 1.165) is 24.2 Å². The number of aryl methyl sites for hydroxylation is 1. The van der Waals surface area contributed by atoms with Crippen molar-refractivity contribution in [2.24, 2.45) is 17.6 Å². The van der Waals surface area contributed by atoms with Gasteiger partial charge in [0, 0.05) is 49.8 Å². The van der Waals surface area contributed by atoms with Crippen LogP contribution in [0.15, 0.2) is 23.2 Å². The van der Waals surface area contributed by atoms with Gasteiger partial charge < -0.3 is 82.5 Å². The number of primary amides is 1. The van der Waals surface area contributed by atoms with Crippen LogP contribution in [0.3, 0.4) is 0 Å². The summed E-state index contributed by atoms with van der Waals surface area (Å²) in [6.07, 6.45) is -0.833. The van der Waals surface area contributed by atoms with Gasteiger partial charge in [0.2, 0.25) is 53.2 Å². The molecule has 0 spiro atoms. The molecule has 10 amide bonds. The molecule has 27 nitrogen and oxygen atoms in total. The number of nitrogens with one attached hydrogen (secondary N) is 8. The Balaban J connectivity index is 1.70. The van der Waals surface area contributed by atoms with E-state index in [9.17, 15) is 63.3 Å². The van der Waals surface area contributed by atoms with Gasteiger partial charge in [0.15, 0.2) is 0 Å². The first-order valence-corrected chi connectivity index (χ1v) is 28.7. The van der Waals surface area contributed by atoms with Gasteiger partial charge in [-0.3, -0.25) is 47.4 Å². The number of nitrogens with two attached hydrogens (primary N) is 1. The maximum Gasteiger partial charge on any atom is 0.407 e. The summed E-state index contributed by atoms with van der Waals surface area (Å²) >= 11 is 0. The van der Waals surface area contributed by atoms with Gasteiger partial charge in [-0.25, -0.2) is 4.79 Å². The third-order valence-corrected chi connectivity index (χ3v) is 16.0. The SMILES string of the molecule is CC[C@H](C)[C@@H]1NC(=O)CNC(=O)C2Cc3c(n(CCCCCCCCNC(=O)OC(C)(C)C)c4cc(OC)ccc34)[S@](=O)CC(NC(=O)CNC1=O)C(=O)N[C@@H](CC(N)=O)C(=O)N1CC(O)C[C@H]1C(=O)N[C@@H]([C@@H](C)[C@@H](O)CO)C(=O)N2. The number of aliphatic hydroxyl groups is 3. The summed E-state index contributed by atoms with van der Waals surface area (Å²) in [6, 6.07) is -5.13. The summed E-state index contributed by atoms with van der Waals surface area (Å²) in [7, 11) is -0.970. The van der Waals surface area contributed by atoms with Crippen molar-refractivity contribution in [1.82, 2.24) is 52.0 Å². The third-order valence-electron chi connectivity index (χ3n) is 14.5. The maximum atomic E-state index is 15.6. The minimum atomic E-state index is -2.40. The molecule has 1 saturated heterocycles. The number of ether oxygens (including phenoxy) is 2. The van der Waals surface area contributed by atoms with Crippen LogP contribution in [-0.4, -0.2) is 188 Å². The Kier molecular flexibility index (Phi) is 23.8. The Morgan fingerprint density at radius 3 is 2.14 bits per heavy atom. The molecule has 81 heavy (non-hydrogen) atoms. The molecule has 2 bridgehead atoms. The third kappa shape index (κ3) is 18.0. The average Bonchev–Trinajstić information content (AvgIpc) is 4.21. The number of benzene rings is 1. The highest BCUT2D eigenvalue weighted by molar-refractivity contribution is 7.85. The number of carbonyl (C=O) groups excluding carboxylic acids is 10. The molecule has 3 aliphatic heterocycles. The van der Waals surface area contributed by atoms with Gasteiger partial charge in [0.25, 0.3) is 0 Å². The normalized spacial score (nSPS) is 25.1. The average molecular weight is 1160 g/mol. The largest absolute Gasteiger partial charge is 0.497 e. The van der Waals surface area contributed by atoms with E-state index in [0.29, 0.717) is 48.9 Å². The number of aliphatic hydroxyl groups excluding tert-OH is 3. The molecule has 3 unspecified atom stereocenters. The standard InChI is InChI=1S/C53H81N11O16S/c1-8-28(2)43-48(74)57-23-41(69)58-36-27-81(78)51-33(32-16-15-31(79-7)20-37(32)63(51)18-14-12-10-9-11-13-17-55-52(77)80-53(4,5)6)21-34(45(71)56-24-42(70)61-43)59-49(75)44(29(3)39(67)26-65)62-47(73)38-19-30(66)25-64(38)50(76)35(22-40(54)68)60-46(36)72/h15-16,20,28-30,34-36,38-39,43-44,65-67H,8-14,17-19,21-27H2,1-7H3,(H2,54,68)(H,55,77)(H,56,71)(H,57,74)(H,58,69)(H,59,75)(H,60,72)(H,61,70)(H,62,73)/t28-,29-,30?,34?,35-,36?,38-,39-,43-,44-,81+/m0/s1. The number of hydrogen-bond donors (Lipinski definition) is 12. The molecule has 5 rings (SSSR count). The van der Waals surface area contributed by atoms with E-state index in [2.05, 4.69) is 42.5 Å². The van der Waals surface area contributed by atoms with Gasteiger partial charge in [-0.05, 0) is 57.2 Å². The fourth-order valence-corrected chi connectivity index (χ4v) is 11.5. The molecule has 0 saturated carbocycles. The first-order valence-electron chi connectivity index (χ1n) is 27.4. The van der Waals surface area contributed by atoms with Gasteiger partial charge in [-0.15, -0.1) is 0 Å². The van der Waals surface area contributed by atoms with Gasteiger partial charge in [0.05, 0.1) is 67.5 Å². The highest BCUT2D eigenvalue weighted by Crippen LogP contribution is 2.34. The summed E-state index contributed by atoms with van der Waals surface area (Å²) in [5.74, 6) is -11.4. The second kappa shape index (κ2) is 29.7. The van der Waals surface area contributed by atoms with Crippen LogP contribution in [0.5, 0.6) is 5.75 Å². The number of methoxy groups -OCH3 is 1. The van der Waals surface area contributed by atoms with Crippen LogP contribution >= 0.6 is 0 Å². The van der Waals surface area contributed by atoms with Crippen molar-refractivity contribution in [2.75, 3.05) is 45.6 Å². The van der Waals surface area contributed by atoms with Gasteiger partial charge in [-0.1, -0.05) is 52.9 Å². The van der Waals surface area contributed by atoms with Crippen molar-refractivity contribution in [1.29, 1.82) is 0 Å². The monoisotopic (exact) mass is 1160 g/mol. The lowest BCUT2D eigenvalue weighted by molar-refractivity contribution is -0.144. The maximum absolute atomic E-state index is 15.6. The lowest BCUT2D eigenvalue weighted by atomic mass is 9.93. The fourth-order valence-electron chi connectivity index (χ4n) is 9.87. The first-order chi connectivity index (χ1) is 38.3. The number of unbranched alkanes of at least 4 members (excludes halogenated alkanes) is 5. The minimum Gasteiger partial charge on any atom is -0.497 e. The van der Waals surface area contributed by atoms with E-state index in [-0.39, 0.29) is 17.1 Å². The molecular formula is C53H81N11O16S. The van der Waals surface area contributed by atoms with Crippen LogP contribution in [0, 0.1) is 11.8 Å². The van der Waals surface area contributed by atoms with E-state index in [4.69, 9.17) is 15.2 Å². The van der Waals surface area contributed by atoms with Crippen LogP contribution < -0.4 is 53.0 Å². The number of aromatic nitrogens is 1. The Bertz CT molecular complexity index is 2660. The Labute approximate surface area is 472 Å². The summed E-state index contributed by atoms with van der Waals surface area (Å²) in [4.78, 5) is 140. The molecule has 13 N–H and O–H groups in total. The zero-order valence-electron chi connectivity index (χ0n) is 47.1. The first kappa shape index (κ1) is 64.9. The highest BCUT2D eigenvalue weighted by Gasteiger charge is 2.45. The molecule has 4 heterocycles. The molecule has 0 radical (unpaired) electrons. The minimum absolute atomic E-state index is 0.0165. The Hall–Kier alpha value is -6.91. The summed E-state index contributed by atoms with van der Waals surface area (Å²) in [5, 5.41) is 52.8. The predicted molar refractivity (Wildman–Crippen MR) is 293 cm³/mol. The fraction of sp³-hybridized carbons (Fsp3) is 0.660. The summed E-state index contributed by atoms with van der Waals surface area (Å²) in [6.45, 7) is 7.68. The zero-order chi connectivity index (χ0) is 59.9. The van der Waals surface area contributed by atoms with Crippen LogP contribution in [0.2, 0.25) is 0 Å². The van der Waals surface area contributed by atoms with Crippen molar-refractivity contribution in [3.8, 4) is 5.75 Å². The second-order valence-corrected chi connectivity index (χ2v) is 23.3. The van der Waals surface area contributed by atoms with Crippen molar-refractivity contribution < 1.29 is 76.9 Å². The Morgan fingerprint density at radius 1 is 0.840 bits per heavy atom. The molecule has 3 aliphatic rings. The van der Waals surface area contributed by atoms with E-state index in [1.54, 1.807) is 57.4 Å². The molecule has 28 heteroatoms. The van der Waals surface area contributed by atoms with Crippen molar-refractivity contribution in [2.45, 2.75) is 171 Å². The number of fused-ring (bicyclic) bond motifs is 5. The Morgan fingerprint density at radius 2 is 1.49 bits per heavy atom. The molecule has 0 aliphatic carbocycles. The van der Waals surface area contributed by atoms with Crippen molar-refractivity contribution >= 4 is 81.0 Å². The number of carbonyl (C=O) groups is 10. The summed E-state index contributed by atoms with van der Waals surface area (Å²) in [5.41, 5.74) is 5.59. The second-order valence-electron chi connectivity index (χ2n) is 21.9. The summed E-state index contributed by atoms with van der Waals surface area (Å²) < 4.78 is 28.3.